The normalized spacial score (nSPS) is 14.2. The van der Waals surface area contributed by atoms with E-state index in [4.69, 9.17) is 4.74 Å². The summed E-state index contributed by atoms with van der Waals surface area (Å²) in [7, 11) is 0. The Morgan fingerprint density at radius 1 is 0.846 bits per heavy atom. The first-order valence-electron chi connectivity index (χ1n) is 8.91. The van der Waals surface area contributed by atoms with Crippen LogP contribution < -0.4 is 4.74 Å². The van der Waals surface area contributed by atoms with Gasteiger partial charge < -0.3 is 14.5 Å². The molecule has 2 aromatic rings. The van der Waals surface area contributed by atoms with E-state index in [0.29, 0.717) is 38.3 Å². The minimum absolute atomic E-state index is 0.0291. The van der Waals surface area contributed by atoms with Crippen LogP contribution in [0.2, 0.25) is 0 Å². The van der Waals surface area contributed by atoms with Crippen molar-refractivity contribution >= 4 is 11.8 Å². The summed E-state index contributed by atoms with van der Waals surface area (Å²) >= 11 is 0. The van der Waals surface area contributed by atoms with Crippen LogP contribution >= 0.6 is 0 Å². The topological polar surface area (TPSA) is 49.9 Å². The predicted molar refractivity (Wildman–Crippen MR) is 100.0 cm³/mol. The van der Waals surface area contributed by atoms with Crippen LogP contribution in [0, 0.1) is 6.92 Å². The van der Waals surface area contributed by atoms with E-state index in [1.54, 1.807) is 4.90 Å². The Bertz CT molecular complexity index is 736. The molecule has 0 radical (unpaired) electrons. The first kappa shape index (κ1) is 18.0. The van der Waals surface area contributed by atoms with Crippen molar-refractivity contribution in [2.24, 2.45) is 0 Å². The summed E-state index contributed by atoms with van der Waals surface area (Å²) < 4.78 is 5.51. The van der Waals surface area contributed by atoms with Crippen LogP contribution in [0.1, 0.15) is 11.1 Å². The number of carbonyl (C=O) groups excluding carboxylic acids is 2. The Labute approximate surface area is 154 Å². The average Bonchev–Trinajstić information content (AvgIpc) is 2.69. The van der Waals surface area contributed by atoms with E-state index in [9.17, 15) is 9.59 Å². The van der Waals surface area contributed by atoms with Gasteiger partial charge in [-0.05, 0) is 24.6 Å². The number of hydrogen-bond donors (Lipinski definition) is 0. The molecule has 1 saturated heterocycles. The van der Waals surface area contributed by atoms with E-state index < -0.39 is 0 Å². The molecule has 0 aliphatic carbocycles. The third-order valence-corrected chi connectivity index (χ3v) is 4.57. The van der Waals surface area contributed by atoms with E-state index in [1.165, 1.54) is 5.56 Å². The van der Waals surface area contributed by atoms with Crippen molar-refractivity contribution in [1.82, 2.24) is 9.80 Å². The van der Waals surface area contributed by atoms with E-state index in [1.807, 2.05) is 66.4 Å². The van der Waals surface area contributed by atoms with E-state index in [-0.39, 0.29) is 18.4 Å². The summed E-state index contributed by atoms with van der Waals surface area (Å²) in [5.41, 5.74) is 2.21. The highest BCUT2D eigenvalue weighted by atomic mass is 16.5. The van der Waals surface area contributed by atoms with E-state index >= 15 is 0 Å². The number of hydrogen-bond acceptors (Lipinski definition) is 3. The zero-order chi connectivity index (χ0) is 18.4. The van der Waals surface area contributed by atoms with Crippen molar-refractivity contribution < 1.29 is 14.3 Å². The lowest BCUT2D eigenvalue weighted by Gasteiger charge is -2.34. The van der Waals surface area contributed by atoms with Crippen LogP contribution in [-0.4, -0.2) is 54.4 Å². The summed E-state index contributed by atoms with van der Waals surface area (Å²) in [6.07, 6.45) is 0.408. The zero-order valence-electron chi connectivity index (χ0n) is 15.1. The minimum atomic E-state index is -0.0421. The second-order valence-electron chi connectivity index (χ2n) is 6.53. The molecule has 5 heteroatoms. The monoisotopic (exact) mass is 352 g/mol. The minimum Gasteiger partial charge on any atom is -0.484 e. The molecule has 1 fully saturated rings. The lowest BCUT2D eigenvalue weighted by atomic mass is 10.1. The Hall–Kier alpha value is -2.82. The van der Waals surface area contributed by atoms with Gasteiger partial charge in [-0.2, -0.15) is 0 Å². The van der Waals surface area contributed by atoms with Crippen molar-refractivity contribution in [3.05, 3.63) is 65.7 Å². The van der Waals surface area contributed by atoms with Gasteiger partial charge in [0.2, 0.25) is 5.91 Å². The fourth-order valence-electron chi connectivity index (χ4n) is 2.95. The zero-order valence-corrected chi connectivity index (χ0v) is 15.1. The third-order valence-electron chi connectivity index (χ3n) is 4.57. The number of carbonyl (C=O) groups is 2. The predicted octanol–water partition coefficient (Wildman–Crippen LogP) is 2.29. The molecule has 0 saturated carbocycles. The third kappa shape index (κ3) is 4.85. The average molecular weight is 352 g/mol. The number of benzene rings is 2. The number of para-hydroxylation sites is 1. The van der Waals surface area contributed by atoms with Crippen LogP contribution in [0.15, 0.2) is 54.6 Å². The Kier molecular flexibility index (Phi) is 5.89. The Balaban J connectivity index is 1.43. The number of nitrogens with zero attached hydrogens (tertiary/aromatic N) is 2. The molecule has 0 bridgehead atoms. The molecule has 2 aromatic carbocycles. The number of aryl methyl sites for hydroxylation is 1. The SMILES string of the molecule is Cc1ccc(CC(=O)N2CCN(C(=O)COc3ccccc3)CC2)cc1. The molecule has 0 aromatic heterocycles. The van der Waals surface area contributed by atoms with Crippen molar-refractivity contribution in [3.63, 3.8) is 0 Å². The fraction of sp³-hybridized carbons (Fsp3) is 0.333. The lowest BCUT2D eigenvalue weighted by molar-refractivity contribution is -0.140. The van der Waals surface area contributed by atoms with Gasteiger partial charge in [0.25, 0.3) is 5.91 Å². The van der Waals surface area contributed by atoms with Crippen LogP contribution in [-0.2, 0) is 16.0 Å². The Morgan fingerprint density at radius 2 is 1.42 bits per heavy atom. The van der Waals surface area contributed by atoms with Crippen molar-refractivity contribution in [2.75, 3.05) is 32.8 Å². The van der Waals surface area contributed by atoms with Gasteiger partial charge in [-0.3, -0.25) is 9.59 Å². The second kappa shape index (κ2) is 8.52. The second-order valence-corrected chi connectivity index (χ2v) is 6.53. The largest absolute Gasteiger partial charge is 0.484 e. The standard InChI is InChI=1S/C21H24N2O3/c1-17-7-9-18(10-8-17)15-20(24)22-11-13-23(14-12-22)21(25)16-26-19-5-3-2-4-6-19/h2-10H,11-16H2,1H3. The molecule has 0 spiro atoms. The number of rotatable bonds is 5. The molecule has 26 heavy (non-hydrogen) atoms. The number of amides is 2. The maximum absolute atomic E-state index is 12.4. The highest BCUT2D eigenvalue weighted by Gasteiger charge is 2.24. The molecule has 136 valence electrons. The summed E-state index contributed by atoms with van der Waals surface area (Å²) in [6, 6.07) is 17.3. The van der Waals surface area contributed by atoms with Gasteiger partial charge in [-0.25, -0.2) is 0 Å². The maximum atomic E-state index is 12.4. The highest BCUT2D eigenvalue weighted by molar-refractivity contribution is 5.80. The number of piperazine rings is 1. The molecule has 3 rings (SSSR count). The van der Waals surface area contributed by atoms with Crippen molar-refractivity contribution in [1.29, 1.82) is 0 Å². The molecule has 0 N–H and O–H groups in total. The number of ether oxygens (including phenoxy) is 1. The van der Waals surface area contributed by atoms with Crippen LogP contribution in [0.3, 0.4) is 0 Å². The summed E-state index contributed by atoms with van der Waals surface area (Å²) in [4.78, 5) is 28.3. The molecule has 0 atom stereocenters. The summed E-state index contributed by atoms with van der Waals surface area (Å²) in [5, 5.41) is 0. The van der Waals surface area contributed by atoms with Gasteiger partial charge in [0.05, 0.1) is 6.42 Å². The van der Waals surface area contributed by atoms with Gasteiger partial charge in [0, 0.05) is 26.2 Å². The first-order valence-corrected chi connectivity index (χ1v) is 8.91. The van der Waals surface area contributed by atoms with E-state index in [0.717, 1.165) is 5.56 Å². The highest BCUT2D eigenvalue weighted by Crippen LogP contribution is 2.11. The van der Waals surface area contributed by atoms with Crippen LogP contribution in [0.4, 0.5) is 0 Å². The summed E-state index contributed by atoms with van der Waals surface area (Å²) in [6.45, 7) is 4.31. The molecule has 1 heterocycles. The van der Waals surface area contributed by atoms with Crippen LogP contribution in [0.5, 0.6) is 5.75 Å². The molecule has 0 unspecified atom stereocenters. The van der Waals surface area contributed by atoms with Crippen molar-refractivity contribution in [3.8, 4) is 5.75 Å². The van der Waals surface area contributed by atoms with Gasteiger partial charge in [-0.15, -0.1) is 0 Å². The molecular formula is C21H24N2O3. The van der Waals surface area contributed by atoms with E-state index in [2.05, 4.69) is 0 Å². The molecule has 5 nitrogen and oxygen atoms in total. The maximum Gasteiger partial charge on any atom is 0.260 e. The summed E-state index contributed by atoms with van der Waals surface area (Å²) in [5.74, 6) is 0.758. The molecular weight excluding hydrogens is 328 g/mol. The van der Waals surface area contributed by atoms with Gasteiger partial charge >= 0.3 is 0 Å². The quantitative estimate of drug-likeness (QED) is 0.830. The van der Waals surface area contributed by atoms with Gasteiger partial charge in [0.15, 0.2) is 6.61 Å². The van der Waals surface area contributed by atoms with Gasteiger partial charge in [-0.1, -0.05) is 48.0 Å². The first-order chi connectivity index (χ1) is 12.6. The lowest BCUT2D eigenvalue weighted by Crippen LogP contribution is -2.52. The van der Waals surface area contributed by atoms with Gasteiger partial charge in [0.1, 0.15) is 5.75 Å². The smallest absolute Gasteiger partial charge is 0.260 e. The van der Waals surface area contributed by atoms with Crippen LogP contribution in [0.25, 0.3) is 0 Å². The molecule has 1 aliphatic rings. The van der Waals surface area contributed by atoms with Crippen molar-refractivity contribution in [2.45, 2.75) is 13.3 Å². The molecule has 1 aliphatic heterocycles. The molecule has 2 amide bonds. The fourth-order valence-corrected chi connectivity index (χ4v) is 2.95. The Morgan fingerprint density at radius 3 is 2.04 bits per heavy atom.